The number of rotatable bonds is 6. The van der Waals surface area contributed by atoms with Crippen LogP contribution in [0.1, 0.15) is 30.3 Å². The summed E-state index contributed by atoms with van der Waals surface area (Å²) >= 11 is 5.24. The topological polar surface area (TPSA) is 102 Å². The number of aryl methyl sites for hydroxylation is 1. The number of aromatic nitrogens is 4. The molecule has 1 aliphatic rings. The summed E-state index contributed by atoms with van der Waals surface area (Å²) in [6.45, 7) is 2.33. The van der Waals surface area contributed by atoms with Gasteiger partial charge >= 0.3 is 0 Å². The molecule has 1 saturated carbocycles. The molecule has 8 nitrogen and oxygen atoms in total. The highest BCUT2D eigenvalue weighted by Gasteiger charge is 2.26. The number of hydrogen-bond donors (Lipinski definition) is 2. The summed E-state index contributed by atoms with van der Waals surface area (Å²) in [4.78, 5) is 14.4. The summed E-state index contributed by atoms with van der Waals surface area (Å²) in [6, 6.07) is 2.16. The van der Waals surface area contributed by atoms with E-state index in [0.717, 1.165) is 18.7 Å². The van der Waals surface area contributed by atoms with Crippen molar-refractivity contribution in [2.24, 2.45) is 0 Å². The summed E-state index contributed by atoms with van der Waals surface area (Å²) in [5.41, 5.74) is 0.614. The van der Waals surface area contributed by atoms with Crippen LogP contribution < -0.4 is 5.32 Å². The van der Waals surface area contributed by atoms with Gasteiger partial charge in [0.15, 0.2) is 4.77 Å². The van der Waals surface area contributed by atoms with Gasteiger partial charge in [0.2, 0.25) is 0 Å². The SMILES string of the molecule is Cc1cc(NCCc2n[nH]c(=S)n2C2CC2)ncc1[N+](=O)[O-]. The van der Waals surface area contributed by atoms with Crippen LogP contribution >= 0.6 is 12.2 Å². The third-order valence-corrected chi connectivity index (χ3v) is 3.91. The lowest BCUT2D eigenvalue weighted by Crippen LogP contribution is -2.11. The van der Waals surface area contributed by atoms with E-state index in [0.29, 0.717) is 35.2 Å². The fourth-order valence-electron chi connectivity index (χ4n) is 2.36. The molecule has 22 heavy (non-hydrogen) atoms. The van der Waals surface area contributed by atoms with E-state index in [1.165, 1.54) is 6.20 Å². The number of pyridine rings is 1. The maximum absolute atomic E-state index is 10.8. The third kappa shape index (κ3) is 2.98. The Morgan fingerprint density at radius 3 is 3.00 bits per heavy atom. The Labute approximate surface area is 131 Å². The minimum atomic E-state index is -0.431. The number of nitrogens with zero attached hydrogens (tertiary/aromatic N) is 4. The third-order valence-electron chi connectivity index (χ3n) is 3.62. The Bertz CT molecular complexity index is 764. The number of nitro groups is 1. The van der Waals surface area contributed by atoms with Crippen LogP contribution in [0.5, 0.6) is 0 Å². The molecule has 0 saturated heterocycles. The van der Waals surface area contributed by atoms with Gasteiger partial charge in [-0.3, -0.25) is 15.2 Å². The highest BCUT2D eigenvalue weighted by atomic mass is 32.1. The van der Waals surface area contributed by atoms with Crippen molar-refractivity contribution in [2.45, 2.75) is 32.2 Å². The number of H-pyrrole nitrogens is 1. The monoisotopic (exact) mass is 320 g/mol. The summed E-state index contributed by atoms with van der Waals surface area (Å²) in [7, 11) is 0. The second-order valence-electron chi connectivity index (χ2n) is 5.34. The van der Waals surface area contributed by atoms with Crippen molar-refractivity contribution in [3.05, 3.63) is 38.5 Å². The molecule has 0 bridgehead atoms. The average Bonchev–Trinajstić information content (AvgIpc) is 3.23. The molecule has 0 aliphatic heterocycles. The lowest BCUT2D eigenvalue weighted by molar-refractivity contribution is -0.385. The quantitative estimate of drug-likeness (QED) is 0.482. The standard InChI is InChI=1S/C13H16N6O2S/c1-8-6-11(15-7-10(8)19(20)21)14-5-4-12-16-17-13(22)18(12)9-2-3-9/h6-7,9H,2-5H2,1H3,(H,14,15)(H,17,22). The molecule has 0 aromatic carbocycles. The van der Waals surface area contributed by atoms with Crippen molar-refractivity contribution < 1.29 is 4.92 Å². The van der Waals surface area contributed by atoms with Crippen LogP contribution in [0, 0.1) is 21.8 Å². The first-order valence-corrected chi connectivity index (χ1v) is 7.48. The van der Waals surface area contributed by atoms with Crippen molar-refractivity contribution in [3.8, 4) is 0 Å². The molecule has 1 fully saturated rings. The summed E-state index contributed by atoms with van der Waals surface area (Å²) in [5, 5.41) is 21.0. The Morgan fingerprint density at radius 1 is 1.59 bits per heavy atom. The smallest absolute Gasteiger partial charge is 0.290 e. The number of anilines is 1. The van der Waals surface area contributed by atoms with Crippen LogP contribution in [0.4, 0.5) is 11.5 Å². The zero-order chi connectivity index (χ0) is 15.7. The van der Waals surface area contributed by atoms with Gasteiger partial charge < -0.3 is 9.88 Å². The normalized spacial score (nSPS) is 14.0. The van der Waals surface area contributed by atoms with Gasteiger partial charge in [-0.25, -0.2) is 4.98 Å². The molecule has 2 aromatic rings. The Morgan fingerprint density at radius 2 is 2.36 bits per heavy atom. The van der Waals surface area contributed by atoms with Crippen molar-refractivity contribution in [1.29, 1.82) is 0 Å². The minimum Gasteiger partial charge on any atom is -0.370 e. The van der Waals surface area contributed by atoms with E-state index >= 15 is 0 Å². The van der Waals surface area contributed by atoms with E-state index in [1.54, 1.807) is 13.0 Å². The number of nitrogens with one attached hydrogen (secondary N) is 2. The predicted molar refractivity (Wildman–Crippen MR) is 83.5 cm³/mol. The van der Waals surface area contributed by atoms with Crippen LogP contribution in [0.25, 0.3) is 0 Å². The largest absolute Gasteiger partial charge is 0.370 e. The predicted octanol–water partition coefficient (Wildman–Crippen LogP) is 2.54. The highest BCUT2D eigenvalue weighted by molar-refractivity contribution is 7.71. The van der Waals surface area contributed by atoms with Crippen LogP contribution in [0.3, 0.4) is 0 Å². The minimum absolute atomic E-state index is 0.0279. The molecule has 2 aromatic heterocycles. The van der Waals surface area contributed by atoms with Crippen molar-refractivity contribution in [2.75, 3.05) is 11.9 Å². The molecule has 1 aliphatic carbocycles. The molecule has 3 rings (SSSR count). The lowest BCUT2D eigenvalue weighted by atomic mass is 10.2. The molecule has 0 radical (unpaired) electrons. The average molecular weight is 320 g/mol. The van der Waals surface area contributed by atoms with Gasteiger partial charge in [0.1, 0.15) is 17.8 Å². The summed E-state index contributed by atoms with van der Waals surface area (Å²) < 4.78 is 2.74. The zero-order valence-electron chi connectivity index (χ0n) is 12.1. The van der Waals surface area contributed by atoms with Crippen molar-refractivity contribution >= 4 is 23.7 Å². The molecule has 0 unspecified atom stereocenters. The van der Waals surface area contributed by atoms with Gasteiger partial charge in [0, 0.05) is 24.6 Å². The van der Waals surface area contributed by atoms with Gasteiger partial charge in [-0.2, -0.15) is 5.10 Å². The molecule has 0 amide bonds. The van der Waals surface area contributed by atoms with Crippen LogP contribution in [0.15, 0.2) is 12.3 Å². The Balaban J connectivity index is 1.63. The molecule has 9 heteroatoms. The Hall–Kier alpha value is -2.29. The number of aromatic amines is 1. The highest BCUT2D eigenvalue weighted by Crippen LogP contribution is 2.35. The lowest BCUT2D eigenvalue weighted by Gasteiger charge is -2.07. The Kier molecular flexibility index (Phi) is 3.88. The summed E-state index contributed by atoms with van der Waals surface area (Å²) in [5.74, 6) is 1.55. The van der Waals surface area contributed by atoms with Gasteiger partial charge in [0.05, 0.1) is 4.92 Å². The van der Waals surface area contributed by atoms with Crippen molar-refractivity contribution in [1.82, 2.24) is 19.7 Å². The van der Waals surface area contributed by atoms with Gasteiger partial charge in [-0.05, 0) is 38.0 Å². The second-order valence-corrected chi connectivity index (χ2v) is 5.72. The molecule has 2 heterocycles. The van der Waals surface area contributed by atoms with E-state index in [-0.39, 0.29) is 5.69 Å². The van der Waals surface area contributed by atoms with E-state index in [2.05, 4.69) is 25.1 Å². The fraction of sp³-hybridized carbons (Fsp3) is 0.462. The van der Waals surface area contributed by atoms with E-state index in [9.17, 15) is 10.1 Å². The fourth-order valence-corrected chi connectivity index (χ4v) is 2.66. The van der Waals surface area contributed by atoms with Gasteiger partial charge in [0.25, 0.3) is 5.69 Å². The van der Waals surface area contributed by atoms with E-state index in [1.807, 2.05) is 0 Å². The first-order valence-electron chi connectivity index (χ1n) is 7.07. The van der Waals surface area contributed by atoms with Gasteiger partial charge in [-0.15, -0.1) is 0 Å². The second kappa shape index (κ2) is 5.84. The van der Waals surface area contributed by atoms with Gasteiger partial charge in [-0.1, -0.05) is 0 Å². The maximum Gasteiger partial charge on any atom is 0.290 e. The molecule has 0 spiro atoms. The van der Waals surface area contributed by atoms with Crippen LogP contribution in [-0.4, -0.2) is 31.2 Å². The molecule has 2 N–H and O–H groups in total. The van der Waals surface area contributed by atoms with E-state index < -0.39 is 4.92 Å². The summed E-state index contributed by atoms with van der Waals surface area (Å²) in [6.07, 6.45) is 4.29. The first kappa shape index (κ1) is 14.6. The molecule has 0 atom stereocenters. The van der Waals surface area contributed by atoms with Crippen LogP contribution in [-0.2, 0) is 6.42 Å². The van der Waals surface area contributed by atoms with Crippen LogP contribution in [0.2, 0.25) is 0 Å². The van der Waals surface area contributed by atoms with Crippen molar-refractivity contribution in [3.63, 3.8) is 0 Å². The first-order chi connectivity index (χ1) is 10.6. The molecular weight excluding hydrogens is 304 g/mol. The zero-order valence-corrected chi connectivity index (χ0v) is 12.9. The van der Waals surface area contributed by atoms with E-state index in [4.69, 9.17) is 12.2 Å². The molecular formula is C13H16N6O2S. The maximum atomic E-state index is 10.8. The number of hydrogen-bond acceptors (Lipinski definition) is 6. The molecule has 116 valence electrons.